The van der Waals surface area contributed by atoms with E-state index in [9.17, 15) is 4.79 Å². The third-order valence-electron chi connectivity index (χ3n) is 5.38. The highest BCUT2D eigenvalue weighted by atomic mass is 16.1. The number of nitrogens with zero attached hydrogens (tertiary/aromatic N) is 3. The standard InChI is InChI=1S/C22H30N4O/c1-4-25(5-2)19-8-6-18(7-9-19)24-22(27)21-16-20(10-13-23-21)26-14-11-17(3)12-15-26/h6-10,13,16-17H,4-5,11-12,14-15H2,1-3H3,(H,24,27). The number of anilines is 3. The van der Waals surface area contributed by atoms with Gasteiger partial charge in [-0.25, -0.2) is 0 Å². The first-order valence-corrected chi connectivity index (χ1v) is 9.98. The number of piperidine rings is 1. The fraction of sp³-hybridized carbons (Fsp3) is 0.455. The first kappa shape index (κ1) is 19.2. The number of nitrogens with one attached hydrogen (secondary N) is 1. The molecule has 0 atom stereocenters. The maximum Gasteiger partial charge on any atom is 0.274 e. The van der Waals surface area contributed by atoms with Crippen LogP contribution in [0.3, 0.4) is 0 Å². The average molecular weight is 367 g/mol. The van der Waals surface area contributed by atoms with Crippen LogP contribution in [0.15, 0.2) is 42.6 Å². The quantitative estimate of drug-likeness (QED) is 0.822. The summed E-state index contributed by atoms with van der Waals surface area (Å²) in [5.41, 5.74) is 3.49. The Balaban J connectivity index is 1.66. The lowest BCUT2D eigenvalue weighted by Crippen LogP contribution is -2.33. The summed E-state index contributed by atoms with van der Waals surface area (Å²) in [4.78, 5) is 21.5. The van der Waals surface area contributed by atoms with Crippen LogP contribution in [0.2, 0.25) is 0 Å². The zero-order chi connectivity index (χ0) is 19.2. The predicted octanol–water partition coefficient (Wildman–Crippen LogP) is 4.42. The molecule has 2 heterocycles. The molecule has 1 N–H and O–H groups in total. The molecule has 27 heavy (non-hydrogen) atoms. The monoisotopic (exact) mass is 366 g/mol. The van der Waals surface area contributed by atoms with Crippen molar-refractivity contribution in [3.63, 3.8) is 0 Å². The van der Waals surface area contributed by atoms with Crippen LogP contribution in [0, 0.1) is 5.92 Å². The van der Waals surface area contributed by atoms with Crippen LogP contribution in [-0.2, 0) is 0 Å². The number of carbonyl (C=O) groups is 1. The van der Waals surface area contributed by atoms with Gasteiger partial charge in [0.05, 0.1) is 0 Å². The summed E-state index contributed by atoms with van der Waals surface area (Å²) in [7, 11) is 0. The predicted molar refractivity (Wildman–Crippen MR) is 113 cm³/mol. The molecule has 5 heteroatoms. The van der Waals surface area contributed by atoms with Crippen molar-refractivity contribution in [2.75, 3.05) is 41.3 Å². The molecular weight excluding hydrogens is 336 g/mol. The van der Waals surface area contributed by atoms with Gasteiger partial charge >= 0.3 is 0 Å². The van der Waals surface area contributed by atoms with Gasteiger partial charge in [0.1, 0.15) is 5.69 Å². The fourth-order valence-electron chi connectivity index (χ4n) is 3.55. The molecule has 1 aliphatic rings. The SMILES string of the molecule is CCN(CC)c1ccc(NC(=O)c2cc(N3CCC(C)CC3)ccn2)cc1. The Kier molecular flexibility index (Phi) is 6.32. The second-order valence-corrected chi connectivity index (χ2v) is 7.24. The van der Waals surface area contributed by atoms with Gasteiger partial charge in [-0.1, -0.05) is 6.92 Å². The summed E-state index contributed by atoms with van der Waals surface area (Å²) < 4.78 is 0. The number of amides is 1. The van der Waals surface area contributed by atoms with E-state index in [4.69, 9.17) is 0 Å². The minimum absolute atomic E-state index is 0.169. The van der Waals surface area contributed by atoms with Crippen LogP contribution in [0.1, 0.15) is 44.1 Å². The third-order valence-corrected chi connectivity index (χ3v) is 5.38. The highest BCUT2D eigenvalue weighted by molar-refractivity contribution is 6.03. The molecule has 2 aromatic rings. The van der Waals surface area contributed by atoms with Crippen LogP contribution >= 0.6 is 0 Å². The first-order chi connectivity index (χ1) is 13.1. The molecule has 1 amide bonds. The maximum absolute atomic E-state index is 12.6. The van der Waals surface area contributed by atoms with Crippen molar-refractivity contribution in [2.45, 2.75) is 33.6 Å². The van der Waals surface area contributed by atoms with Crippen molar-refractivity contribution in [3.8, 4) is 0 Å². The third kappa shape index (κ3) is 4.79. The minimum Gasteiger partial charge on any atom is -0.372 e. The van der Waals surface area contributed by atoms with E-state index in [1.54, 1.807) is 6.20 Å². The van der Waals surface area contributed by atoms with Crippen molar-refractivity contribution < 1.29 is 4.79 Å². The zero-order valence-electron chi connectivity index (χ0n) is 16.6. The smallest absolute Gasteiger partial charge is 0.274 e. The Morgan fingerprint density at radius 1 is 1.15 bits per heavy atom. The Morgan fingerprint density at radius 3 is 2.44 bits per heavy atom. The Hall–Kier alpha value is -2.56. The van der Waals surface area contributed by atoms with Crippen molar-refractivity contribution in [1.82, 2.24) is 4.98 Å². The van der Waals surface area contributed by atoms with Crippen molar-refractivity contribution in [1.29, 1.82) is 0 Å². The molecule has 5 nitrogen and oxygen atoms in total. The lowest BCUT2D eigenvalue weighted by atomic mass is 9.99. The van der Waals surface area contributed by atoms with Gasteiger partial charge in [0.25, 0.3) is 5.91 Å². The number of hydrogen-bond acceptors (Lipinski definition) is 4. The van der Waals surface area contributed by atoms with Crippen LogP contribution in [0.25, 0.3) is 0 Å². The largest absolute Gasteiger partial charge is 0.372 e. The Morgan fingerprint density at radius 2 is 1.81 bits per heavy atom. The van der Waals surface area contributed by atoms with Gasteiger partial charge in [-0.3, -0.25) is 9.78 Å². The second-order valence-electron chi connectivity index (χ2n) is 7.24. The summed E-state index contributed by atoms with van der Waals surface area (Å²) in [6.07, 6.45) is 4.12. The van der Waals surface area contributed by atoms with Crippen molar-refractivity contribution in [3.05, 3.63) is 48.3 Å². The zero-order valence-corrected chi connectivity index (χ0v) is 16.6. The van der Waals surface area contributed by atoms with E-state index in [2.05, 4.69) is 40.9 Å². The number of benzene rings is 1. The average Bonchev–Trinajstić information content (AvgIpc) is 2.71. The first-order valence-electron chi connectivity index (χ1n) is 9.98. The van der Waals surface area contributed by atoms with E-state index in [1.807, 2.05) is 36.4 Å². The molecule has 0 unspecified atom stereocenters. The molecule has 1 saturated heterocycles. The van der Waals surface area contributed by atoms with Gasteiger partial charge in [0, 0.05) is 49.4 Å². The van der Waals surface area contributed by atoms with Gasteiger partial charge in [-0.2, -0.15) is 0 Å². The molecular formula is C22H30N4O. The normalized spacial score (nSPS) is 14.9. The second kappa shape index (κ2) is 8.89. The summed E-state index contributed by atoms with van der Waals surface area (Å²) in [5, 5.41) is 2.96. The van der Waals surface area contributed by atoms with E-state index < -0.39 is 0 Å². The van der Waals surface area contributed by atoms with Gasteiger partial charge in [0.2, 0.25) is 0 Å². The van der Waals surface area contributed by atoms with Crippen molar-refractivity contribution in [2.24, 2.45) is 5.92 Å². The molecule has 1 aliphatic heterocycles. The molecule has 1 aromatic carbocycles. The van der Waals surface area contributed by atoms with Crippen molar-refractivity contribution >= 4 is 23.0 Å². The summed E-state index contributed by atoms with van der Waals surface area (Å²) in [6.45, 7) is 10.6. The van der Waals surface area contributed by atoms with Gasteiger partial charge < -0.3 is 15.1 Å². The molecule has 0 radical (unpaired) electrons. The van der Waals surface area contributed by atoms with E-state index in [0.29, 0.717) is 5.69 Å². The summed E-state index contributed by atoms with van der Waals surface area (Å²) in [6, 6.07) is 11.9. The molecule has 0 spiro atoms. The number of aromatic nitrogens is 1. The number of carbonyl (C=O) groups excluding carboxylic acids is 1. The minimum atomic E-state index is -0.169. The van der Waals surface area contributed by atoms with Gasteiger partial charge in [-0.15, -0.1) is 0 Å². The summed E-state index contributed by atoms with van der Waals surface area (Å²) in [5.74, 6) is 0.614. The van der Waals surface area contributed by atoms with E-state index >= 15 is 0 Å². The molecule has 0 aliphatic carbocycles. The van der Waals surface area contributed by atoms with E-state index in [1.165, 1.54) is 12.8 Å². The van der Waals surface area contributed by atoms with Crippen LogP contribution in [-0.4, -0.2) is 37.1 Å². The molecule has 3 rings (SSSR count). The van der Waals surface area contributed by atoms with Gasteiger partial charge in [0.15, 0.2) is 0 Å². The molecule has 0 saturated carbocycles. The topological polar surface area (TPSA) is 48.5 Å². The van der Waals surface area contributed by atoms with E-state index in [0.717, 1.165) is 49.2 Å². The van der Waals surface area contributed by atoms with E-state index in [-0.39, 0.29) is 5.91 Å². The van der Waals surface area contributed by atoms with Crippen LogP contribution < -0.4 is 15.1 Å². The maximum atomic E-state index is 12.6. The number of pyridine rings is 1. The number of hydrogen-bond donors (Lipinski definition) is 1. The number of rotatable bonds is 6. The van der Waals surface area contributed by atoms with Crippen LogP contribution in [0.5, 0.6) is 0 Å². The highest BCUT2D eigenvalue weighted by Crippen LogP contribution is 2.23. The van der Waals surface area contributed by atoms with Crippen LogP contribution in [0.4, 0.5) is 17.1 Å². The summed E-state index contributed by atoms with van der Waals surface area (Å²) >= 11 is 0. The molecule has 1 aromatic heterocycles. The highest BCUT2D eigenvalue weighted by Gasteiger charge is 2.17. The lowest BCUT2D eigenvalue weighted by Gasteiger charge is -2.32. The molecule has 144 valence electrons. The molecule has 1 fully saturated rings. The lowest BCUT2D eigenvalue weighted by molar-refractivity contribution is 0.102. The molecule has 0 bridgehead atoms. The van der Waals surface area contributed by atoms with Gasteiger partial charge in [-0.05, 0) is 69.0 Å². The Labute approximate surface area is 162 Å². The Bertz CT molecular complexity index is 747. The fourth-order valence-corrected chi connectivity index (χ4v) is 3.55.